The van der Waals surface area contributed by atoms with E-state index in [-0.39, 0.29) is 5.54 Å². The molecule has 114 valence electrons. The maximum Gasteiger partial charge on any atom is 0.00965 e. The fraction of sp³-hybridized carbons (Fsp3) is 1.00. The van der Waals surface area contributed by atoms with Crippen LogP contribution in [0.15, 0.2) is 0 Å². The van der Waals surface area contributed by atoms with Crippen LogP contribution in [0.3, 0.4) is 0 Å². The summed E-state index contributed by atoms with van der Waals surface area (Å²) in [6.07, 6.45) is 9.77. The first-order valence-electron chi connectivity index (χ1n) is 8.45. The van der Waals surface area contributed by atoms with E-state index in [0.29, 0.717) is 0 Å². The molecule has 1 N–H and O–H groups in total. The van der Waals surface area contributed by atoms with Gasteiger partial charge in [-0.3, -0.25) is 0 Å². The highest BCUT2D eigenvalue weighted by molar-refractivity contribution is 4.70. The number of nitrogens with zero attached hydrogens (tertiary/aromatic N) is 1. The van der Waals surface area contributed by atoms with E-state index in [2.05, 4.69) is 37.9 Å². The van der Waals surface area contributed by atoms with E-state index in [1.54, 1.807) is 0 Å². The molecule has 19 heavy (non-hydrogen) atoms. The van der Waals surface area contributed by atoms with Crippen LogP contribution in [-0.4, -0.2) is 36.6 Å². The van der Waals surface area contributed by atoms with Gasteiger partial charge in [-0.2, -0.15) is 0 Å². The summed E-state index contributed by atoms with van der Waals surface area (Å²) in [5.74, 6) is 0.952. The molecule has 2 heteroatoms. The fourth-order valence-electron chi connectivity index (χ4n) is 2.82. The molecule has 0 spiro atoms. The van der Waals surface area contributed by atoms with Gasteiger partial charge >= 0.3 is 0 Å². The molecule has 0 aromatic rings. The average molecular weight is 268 g/mol. The Morgan fingerprint density at radius 2 is 1.74 bits per heavy atom. The SMILES string of the molecule is CC1CCCN(CCCCCCNC(C)(C)C)CC1. The molecule has 1 aliphatic rings. The lowest BCUT2D eigenvalue weighted by Crippen LogP contribution is -2.36. The molecule has 0 radical (unpaired) electrons. The molecule has 2 nitrogen and oxygen atoms in total. The number of unbranched alkanes of at least 4 members (excludes halogenated alkanes) is 3. The normalized spacial score (nSPS) is 22.4. The van der Waals surface area contributed by atoms with Gasteiger partial charge in [0.15, 0.2) is 0 Å². The summed E-state index contributed by atoms with van der Waals surface area (Å²) in [6.45, 7) is 14.3. The standard InChI is InChI=1S/C17H36N2/c1-16-10-9-14-19(15-11-16)13-8-6-5-7-12-18-17(2,3)4/h16,18H,5-15H2,1-4H3. The summed E-state index contributed by atoms with van der Waals surface area (Å²) >= 11 is 0. The van der Waals surface area contributed by atoms with Crippen LogP contribution < -0.4 is 5.32 Å². The molecule has 1 aliphatic heterocycles. The van der Waals surface area contributed by atoms with Crippen LogP contribution in [0.2, 0.25) is 0 Å². The van der Waals surface area contributed by atoms with Gasteiger partial charge in [-0.05, 0) is 85.0 Å². The minimum atomic E-state index is 0.281. The third kappa shape index (κ3) is 9.45. The molecule has 0 aromatic carbocycles. The van der Waals surface area contributed by atoms with Gasteiger partial charge in [0.2, 0.25) is 0 Å². The molecule has 1 atom stereocenters. The van der Waals surface area contributed by atoms with E-state index in [0.717, 1.165) is 5.92 Å². The molecule has 1 unspecified atom stereocenters. The molecule has 0 bridgehead atoms. The Balaban J connectivity index is 1.93. The van der Waals surface area contributed by atoms with E-state index >= 15 is 0 Å². The first-order valence-corrected chi connectivity index (χ1v) is 8.45. The maximum atomic E-state index is 3.56. The Labute approximate surface area is 121 Å². The van der Waals surface area contributed by atoms with E-state index in [4.69, 9.17) is 0 Å². The summed E-state index contributed by atoms with van der Waals surface area (Å²) in [6, 6.07) is 0. The van der Waals surface area contributed by atoms with Gasteiger partial charge in [0, 0.05) is 5.54 Å². The van der Waals surface area contributed by atoms with E-state index in [9.17, 15) is 0 Å². The Hall–Kier alpha value is -0.0800. The van der Waals surface area contributed by atoms with Crippen molar-refractivity contribution in [3.8, 4) is 0 Å². The van der Waals surface area contributed by atoms with E-state index in [1.807, 2.05) is 0 Å². The second-order valence-corrected chi connectivity index (χ2v) is 7.47. The summed E-state index contributed by atoms with van der Waals surface area (Å²) < 4.78 is 0. The third-order valence-corrected chi connectivity index (χ3v) is 4.17. The van der Waals surface area contributed by atoms with Crippen molar-refractivity contribution in [3.63, 3.8) is 0 Å². The topological polar surface area (TPSA) is 15.3 Å². The highest BCUT2D eigenvalue weighted by atomic mass is 15.1. The number of likely N-dealkylation sites (tertiary alicyclic amines) is 1. The van der Waals surface area contributed by atoms with Crippen molar-refractivity contribution in [2.24, 2.45) is 5.92 Å². The van der Waals surface area contributed by atoms with Crippen molar-refractivity contribution in [3.05, 3.63) is 0 Å². The second-order valence-electron chi connectivity index (χ2n) is 7.47. The molecule has 1 saturated heterocycles. The molecule has 0 amide bonds. The highest BCUT2D eigenvalue weighted by Crippen LogP contribution is 2.16. The van der Waals surface area contributed by atoms with Crippen molar-refractivity contribution in [2.75, 3.05) is 26.2 Å². The summed E-state index contributed by atoms with van der Waals surface area (Å²) in [5, 5.41) is 3.56. The Morgan fingerprint density at radius 3 is 2.47 bits per heavy atom. The molecular weight excluding hydrogens is 232 g/mol. The molecular formula is C17H36N2. The lowest BCUT2D eigenvalue weighted by atomic mass is 10.0. The maximum absolute atomic E-state index is 3.56. The first kappa shape index (κ1) is 17.0. The number of hydrogen-bond donors (Lipinski definition) is 1. The van der Waals surface area contributed by atoms with Gasteiger partial charge in [0.05, 0.1) is 0 Å². The van der Waals surface area contributed by atoms with Gasteiger partial charge < -0.3 is 10.2 Å². The fourth-order valence-corrected chi connectivity index (χ4v) is 2.82. The Bertz CT molecular complexity index is 220. The molecule has 1 heterocycles. The van der Waals surface area contributed by atoms with E-state index in [1.165, 1.54) is 71.1 Å². The zero-order chi connectivity index (χ0) is 14.1. The predicted octanol–water partition coefficient (Wildman–Crippen LogP) is 4.06. The Morgan fingerprint density at radius 1 is 1.00 bits per heavy atom. The first-order chi connectivity index (χ1) is 8.97. The van der Waals surface area contributed by atoms with Crippen LogP contribution in [-0.2, 0) is 0 Å². The second kappa shape index (κ2) is 8.97. The minimum Gasteiger partial charge on any atom is -0.312 e. The zero-order valence-corrected chi connectivity index (χ0v) is 13.8. The van der Waals surface area contributed by atoms with Crippen LogP contribution in [0, 0.1) is 5.92 Å². The van der Waals surface area contributed by atoms with Crippen LogP contribution in [0.25, 0.3) is 0 Å². The summed E-state index contributed by atoms with van der Waals surface area (Å²) in [4.78, 5) is 2.69. The van der Waals surface area contributed by atoms with Gasteiger partial charge in [-0.1, -0.05) is 19.8 Å². The van der Waals surface area contributed by atoms with Crippen molar-refractivity contribution >= 4 is 0 Å². The van der Waals surface area contributed by atoms with Crippen molar-refractivity contribution in [1.82, 2.24) is 10.2 Å². The molecule has 0 saturated carbocycles. The van der Waals surface area contributed by atoms with E-state index < -0.39 is 0 Å². The number of rotatable bonds is 7. The lowest BCUT2D eigenvalue weighted by Gasteiger charge is -2.21. The van der Waals surface area contributed by atoms with Gasteiger partial charge in [0.1, 0.15) is 0 Å². The molecule has 0 aromatic heterocycles. The van der Waals surface area contributed by atoms with Crippen LogP contribution in [0.1, 0.15) is 72.6 Å². The Kier molecular flexibility index (Phi) is 8.01. The average Bonchev–Trinajstić information content (AvgIpc) is 2.52. The van der Waals surface area contributed by atoms with Crippen molar-refractivity contribution in [2.45, 2.75) is 78.2 Å². The number of nitrogens with one attached hydrogen (secondary N) is 1. The minimum absolute atomic E-state index is 0.281. The third-order valence-electron chi connectivity index (χ3n) is 4.17. The van der Waals surface area contributed by atoms with Crippen molar-refractivity contribution in [1.29, 1.82) is 0 Å². The number of hydrogen-bond acceptors (Lipinski definition) is 2. The molecule has 1 rings (SSSR count). The van der Waals surface area contributed by atoms with Crippen LogP contribution >= 0.6 is 0 Å². The molecule has 0 aliphatic carbocycles. The molecule has 1 fully saturated rings. The lowest BCUT2D eigenvalue weighted by molar-refractivity contribution is 0.274. The smallest absolute Gasteiger partial charge is 0.00965 e. The summed E-state index contributed by atoms with van der Waals surface area (Å²) in [5.41, 5.74) is 0.281. The largest absolute Gasteiger partial charge is 0.312 e. The quantitative estimate of drug-likeness (QED) is 0.701. The van der Waals surface area contributed by atoms with Crippen LogP contribution in [0.5, 0.6) is 0 Å². The van der Waals surface area contributed by atoms with Crippen LogP contribution in [0.4, 0.5) is 0 Å². The van der Waals surface area contributed by atoms with Gasteiger partial charge in [0.25, 0.3) is 0 Å². The predicted molar refractivity (Wildman–Crippen MR) is 85.7 cm³/mol. The van der Waals surface area contributed by atoms with Gasteiger partial charge in [-0.15, -0.1) is 0 Å². The monoisotopic (exact) mass is 268 g/mol. The zero-order valence-electron chi connectivity index (χ0n) is 13.8. The summed E-state index contributed by atoms with van der Waals surface area (Å²) in [7, 11) is 0. The van der Waals surface area contributed by atoms with Crippen molar-refractivity contribution < 1.29 is 0 Å². The van der Waals surface area contributed by atoms with Gasteiger partial charge in [-0.25, -0.2) is 0 Å². The highest BCUT2D eigenvalue weighted by Gasteiger charge is 2.12.